The molecular weight excluding hydrogens is 276 g/mol. The number of benzene rings is 1. The second-order valence-electron chi connectivity index (χ2n) is 4.47. The molecule has 86 valence electrons. The summed E-state index contributed by atoms with van der Waals surface area (Å²) in [5, 5.41) is 0. The number of hydrogen-bond acceptors (Lipinski definition) is 2. The van der Waals surface area contributed by atoms with E-state index in [-0.39, 0.29) is 0 Å². The highest BCUT2D eigenvalue weighted by Gasteiger charge is 2.19. The molecule has 0 atom stereocenters. The summed E-state index contributed by atoms with van der Waals surface area (Å²) in [4.78, 5) is 8.91. The van der Waals surface area contributed by atoms with Crippen LogP contribution < -0.4 is 0 Å². The quantitative estimate of drug-likeness (QED) is 0.829. The van der Waals surface area contributed by atoms with Crippen molar-refractivity contribution in [2.24, 2.45) is 0 Å². The first-order valence-electron chi connectivity index (χ1n) is 5.91. The van der Waals surface area contributed by atoms with E-state index in [2.05, 4.69) is 25.9 Å². The third kappa shape index (κ3) is 2.25. The van der Waals surface area contributed by atoms with E-state index >= 15 is 0 Å². The minimum Gasteiger partial charge on any atom is -0.236 e. The van der Waals surface area contributed by atoms with Crippen LogP contribution in [0.5, 0.6) is 0 Å². The second kappa shape index (κ2) is 4.57. The summed E-state index contributed by atoms with van der Waals surface area (Å²) >= 11 is 3.42. The van der Waals surface area contributed by atoms with Crippen molar-refractivity contribution in [1.82, 2.24) is 9.97 Å². The Labute approximate surface area is 109 Å². The van der Waals surface area contributed by atoms with Crippen LogP contribution in [0.25, 0.3) is 11.4 Å². The third-order valence-electron chi connectivity index (χ3n) is 3.35. The molecule has 1 heterocycles. The zero-order valence-corrected chi connectivity index (χ0v) is 11.0. The van der Waals surface area contributed by atoms with Gasteiger partial charge < -0.3 is 0 Å². The average molecular weight is 289 g/mol. The third-order valence-corrected chi connectivity index (χ3v) is 3.88. The summed E-state index contributed by atoms with van der Waals surface area (Å²) in [6, 6.07) is 8.09. The average Bonchev–Trinajstić information content (AvgIpc) is 2.29. The van der Waals surface area contributed by atoms with Crippen LogP contribution in [0.2, 0.25) is 0 Å². The Morgan fingerprint density at radius 1 is 1.00 bits per heavy atom. The van der Waals surface area contributed by atoms with Crippen molar-refractivity contribution in [1.29, 1.82) is 0 Å². The topological polar surface area (TPSA) is 25.8 Å². The van der Waals surface area contributed by atoms with Crippen molar-refractivity contribution < 1.29 is 0 Å². The molecule has 3 rings (SSSR count). The molecule has 1 aliphatic carbocycles. The lowest BCUT2D eigenvalue weighted by atomic mass is 9.81. The number of aromatic nitrogens is 2. The van der Waals surface area contributed by atoms with E-state index < -0.39 is 0 Å². The molecule has 0 radical (unpaired) electrons. The van der Waals surface area contributed by atoms with Gasteiger partial charge in [0.15, 0.2) is 5.82 Å². The molecule has 3 heteroatoms. The molecule has 1 aromatic carbocycles. The molecule has 1 fully saturated rings. The zero-order valence-electron chi connectivity index (χ0n) is 9.44. The monoisotopic (exact) mass is 288 g/mol. The van der Waals surface area contributed by atoms with E-state index in [1.165, 1.54) is 24.8 Å². The van der Waals surface area contributed by atoms with Gasteiger partial charge in [-0.25, -0.2) is 9.97 Å². The smallest absolute Gasteiger partial charge is 0.159 e. The first kappa shape index (κ1) is 10.9. The minimum atomic E-state index is 0.703. The van der Waals surface area contributed by atoms with Crippen LogP contribution in [0.3, 0.4) is 0 Å². The van der Waals surface area contributed by atoms with Gasteiger partial charge in [-0.3, -0.25) is 0 Å². The molecule has 0 spiro atoms. The van der Waals surface area contributed by atoms with Crippen molar-refractivity contribution >= 4 is 15.9 Å². The Balaban J connectivity index is 1.86. The molecule has 2 nitrogen and oxygen atoms in total. The fourth-order valence-electron chi connectivity index (χ4n) is 2.04. The fraction of sp³-hybridized carbons (Fsp3) is 0.286. The van der Waals surface area contributed by atoms with Crippen LogP contribution in [-0.2, 0) is 0 Å². The summed E-state index contributed by atoms with van der Waals surface area (Å²) in [7, 11) is 0. The molecule has 1 aromatic heterocycles. The molecule has 0 aliphatic heterocycles. The van der Waals surface area contributed by atoms with E-state index in [0.29, 0.717) is 5.92 Å². The van der Waals surface area contributed by atoms with Crippen LogP contribution in [0, 0.1) is 0 Å². The van der Waals surface area contributed by atoms with Gasteiger partial charge in [-0.2, -0.15) is 0 Å². The van der Waals surface area contributed by atoms with Gasteiger partial charge in [0.1, 0.15) is 0 Å². The summed E-state index contributed by atoms with van der Waals surface area (Å²) < 4.78 is 1.08. The lowest BCUT2D eigenvalue weighted by molar-refractivity contribution is 0.418. The number of hydrogen-bond donors (Lipinski definition) is 0. The van der Waals surface area contributed by atoms with Gasteiger partial charge >= 0.3 is 0 Å². The Bertz CT molecular complexity index is 501. The van der Waals surface area contributed by atoms with Gasteiger partial charge in [0.25, 0.3) is 0 Å². The predicted octanol–water partition coefficient (Wildman–Crippen LogP) is 4.17. The van der Waals surface area contributed by atoms with Crippen molar-refractivity contribution in [2.45, 2.75) is 25.2 Å². The number of nitrogens with zero attached hydrogens (tertiary/aromatic N) is 2. The van der Waals surface area contributed by atoms with E-state index in [0.717, 1.165) is 15.9 Å². The van der Waals surface area contributed by atoms with E-state index in [1.54, 1.807) is 0 Å². The SMILES string of the molecule is Brc1ccc(-c2ncc(C3CCC3)cn2)cc1. The van der Waals surface area contributed by atoms with Gasteiger partial charge in [0.05, 0.1) is 0 Å². The summed E-state index contributed by atoms with van der Waals surface area (Å²) in [6.07, 6.45) is 7.89. The van der Waals surface area contributed by atoms with Gasteiger partial charge in [-0.1, -0.05) is 34.5 Å². The Morgan fingerprint density at radius 3 is 2.18 bits per heavy atom. The maximum absolute atomic E-state index is 4.46. The van der Waals surface area contributed by atoms with Crippen molar-refractivity contribution in [2.75, 3.05) is 0 Å². The maximum Gasteiger partial charge on any atom is 0.159 e. The highest BCUT2D eigenvalue weighted by atomic mass is 79.9. The Kier molecular flexibility index (Phi) is 2.93. The highest BCUT2D eigenvalue weighted by Crippen LogP contribution is 2.35. The number of halogens is 1. The van der Waals surface area contributed by atoms with Crippen LogP contribution in [0.1, 0.15) is 30.7 Å². The predicted molar refractivity (Wildman–Crippen MR) is 71.8 cm³/mol. The molecule has 2 aromatic rings. The van der Waals surface area contributed by atoms with Crippen molar-refractivity contribution in [3.8, 4) is 11.4 Å². The van der Waals surface area contributed by atoms with E-state index in [1.807, 2.05) is 36.7 Å². The molecule has 0 N–H and O–H groups in total. The molecule has 0 saturated heterocycles. The van der Waals surface area contributed by atoms with E-state index in [4.69, 9.17) is 0 Å². The largest absolute Gasteiger partial charge is 0.236 e. The van der Waals surface area contributed by atoms with Crippen LogP contribution >= 0.6 is 15.9 Å². The lowest BCUT2D eigenvalue weighted by Gasteiger charge is -2.24. The summed E-state index contributed by atoms with van der Waals surface area (Å²) in [5.41, 5.74) is 2.35. The lowest BCUT2D eigenvalue weighted by Crippen LogP contribution is -2.09. The molecule has 0 bridgehead atoms. The van der Waals surface area contributed by atoms with Crippen molar-refractivity contribution in [3.63, 3.8) is 0 Å². The standard InChI is InChI=1S/C14H13BrN2/c15-13-6-4-11(5-7-13)14-16-8-12(9-17-14)10-2-1-3-10/h4-10H,1-3H2. The van der Waals surface area contributed by atoms with Gasteiger partial charge in [-0.15, -0.1) is 0 Å². The molecule has 17 heavy (non-hydrogen) atoms. The minimum absolute atomic E-state index is 0.703. The van der Waals surface area contributed by atoms with Gasteiger partial charge in [-0.05, 0) is 36.5 Å². The summed E-state index contributed by atoms with van der Waals surface area (Å²) in [6.45, 7) is 0. The van der Waals surface area contributed by atoms with E-state index in [9.17, 15) is 0 Å². The second-order valence-corrected chi connectivity index (χ2v) is 5.39. The zero-order chi connectivity index (χ0) is 11.7. The Hall–Kier alpha value is -1.22. The normalized spacial score (nSPS) is 15.6. The molecule has 0 unspecified atom stereocenters. The van der Waals surface area contributed by atoms with Gasteiger partial charge in [0, 0.05) is 22.4 Å². The van der Waals surface area contributed by atoms with Gasteiger partial charge in [0.2, 0.25) is 0 Å². The number of rotatable bonds is 2. The van der Waals surface area contributed by atoms with Crippen LogP contribution in [0.4, 0.5) is 0 Å². The highest BCUT2D eigenvalue weighted by molar-refractivity contribution is 9.10. The molecule has 0 amide bonds. The van der Waals surface area contributed by atoms with Crippen LogP contribution in [0.15, 0.2) is 41.1 Å². The molecule has 1 saturated carbocycles. The fourth-order valence-corrected chi connectivity index (χ4v) is 2.30. The molecule has 1 aliphatic rings. The first-order valence-corrected chi connectivity index (χ1v) is 6.70. The first-order chi connectivity index (χ1) is 8.33. The van der Waals surface area contributed by atoms with Crippen LogP contribution in [-0.4, -0.2) is 9.97 Å². The Morgan fingerprint density at radius 2 is 1.65 bits per heavy atom. The molecular formula is C14H13BrN2. The summed E-state index contributed by atoms with van der Waals surface area (Å²) in [5.74, 6) is 1.51. The van der Waals surface area contributed by atoms with Crippen molar-refractivity contribution in [3.05, 3.63) is 46.7 Å². The maximum atomic E-state index is 4.46.